The van der Waals surface area contributed by atoms with Crippen LogP contribution >= 0.6 is 0 Å². The van der Waals surface area contributed by atoms with Gasteiger partial charge in [-0.25, -0.2) is 0 Å². The van der Waals surface area contributed by atoms with Crippen molar-refractivity contribution in [2.45, 2.75) is 38.3 Å². The number of ether oxygens (including phenoxy) is 2. The fourth-order valence-electron chi connectivity index (χ4n) is 2.67. The molecule has 0 aromatic carbocycles. The highest BCUT2D eigenvalue weighted by Gasteiger charge is 2.24. The molecule has 1 N–H and O–H groups in total. The van der Waals surface area contributed by atoms with Crippen LogP contribution in [0.3, 0.4) is 0 Å². The fourth-order valence-corrected chi connectivity index (χ4v) is 2.67. The number of aromatic nitrogens is 2. The number of amides is 1. The molecule has 20 heavy (non-hydrogen) atoms. The van der Waals surface area contributed by atoms with E-state index < -0.39 is 0 Å². The molecular weight excluding hydrogens is 258 g/mol. The van der Waals surface area contributed by atoms with E-state index in [2.05, 4.69) is 10.4 Å². The van der Waals surface area contributed by atoms with Crippen LogP contribution in [0.1, 0.15) is 25.7 Å². The molecular formula is C14H21N3O3. The van der Waals surface area contributed by atoms with Crippen molar-refractivity contribution in [1.29, 1.82) is 0 Å². The van der Waals surface area contributed by atoms with E-state index in [-0.39, 0.29) is 17.9 Å². The first-order valence-electron chi connectivity index (χ1n) is 7.34. The van der Waals surface area contributed by atoms with E-state index in [1.54, 1.807) is 6.20 Å². The van der Waals surface area contributed by atoms with E-state index in [1.165, 1.54) is 6.42 Å². The average Bonchev–Trinajstić information content (AvgIpc) is 3.11. The minimum Gasteiger partial charge on any atom is -0.381 e. The van der Waals surface area contributed by atoms with E-state index in [4.69, 9.17) is 9.47 Å². The third kappa shape index (κ3) is 3.37. The molecule has 3 heterocycles. The number of hydrogen-bond donors (Lipinski definition) is 1. The van der Waals surface area contributed by atoms with Crippen LogP contribution in [0.25, 0.3) is 0 Å². The second-order valence-corrected chi connectivity index (χ2v) is 5.49. The molecule has 0 saturated carbocycles. The van der Waals surface area contributed by atoms with Crippen LogP contribution in [0.5, 0.6) is 0 Å². The summed E-state index contributed by atoms with van der Waals surface area (Å²) in [4.78, 5) is 12.0. The smallest absolute Gasteiger partial charge is 0.229 e. The summed E-state index contributed by atoms with van der Waals surface area (Å²) in [5.74, 6) is -0.00371. The summed E-state index contributed by atoms with van der Waals surface area (Å²) in [5.41, 5.74) is 0.748. The molecule has 0 bridgehead atoms. The number of nitrogens with one attached hydrogen (secondary N) is 1. The van der Waals surface area contributed by atoms with E-state index in [0.717, 1.165) is 38.1 Å². The van der Waals surface area contributed by atoms with Crippen molar-refractivity contribution in [3.8, 4) is 0 Å². The fraction of sp³-hybridized carbons (Fsp3) is 0.714. The molecule has 2 saturated heterocycles. The van der Waals surface area contributed by atoms with Gasteiger partial charge in [-0.3, -0.25) is 9.48 Å². The molecule has 0 spiro atoms. The Bertz CT molecular complexity index is 448. The van der Waals surface area contributed by atoms with E-state index in [0.29, 0.717) is 13.2 Å². The lowest BCUT2D eigenvalue weighted by Gasteiger charge is -2.22. The van der Waals surface area contributed by atoms with Gasteiger partial charge in [0.15, 0.2) is 0 Å². The van der Waals surface area contributed by atoms with Gasteiger partial charge in [0.25, 0.3) is 0 Å². The second-order valence-electron chi connectivity index (χ2n) is 5.49. The van der Waals surface area contributed by atoms with Gasteiger partial charge in [-0.05, 0) is 25.7 Å². The Labute approximate surface area is 118 Å². The zero-order valence-electron chi connectivity index (χ0n) is 11.6. The predicted molar refractivity (Wildman–Crippen MR) is 73.4 cm³/mol. The van der Waals surface area contributed by atoms with Crippen molar-refractivity contribution >= 4 is 11.6 Å². The number of carbonyl (C=O) groups is 1. The molecule has 2 aliphatic heterocycles. The summed E-state index contributed by atoms with van der Waals surface area (Å²) in [6.45, 7) is 2.80. The van der Waals surface area contributed by atoms with E-state index >= 15 is 0 Å². The third-order valence-corrected chi connectivity index (χ3v) is 3.87. The van der Waals surface area contributed by atoms with Crippen LogP contribution in [0.4, 0.5) is 5.69 Å². The average molecular weight is 279 g/mol. The first-order chi connectivity index (χ1) is 9.81. The van der Waals surface area contributed by atoms with Gasteiger partial charge < -0.3 is 14.8 Å². The number of anilines is 1. The Morgan fingerprint density at radius 3 is 3.10 bits per heavy atom. The third-order valence-electron chi connectivity index (χ3n) is 3.87. The second kappa shape index (κ2) is 6.37. The Balaban J connectivity index is 1.52. The lowest BCUT2D eigenvalue weighted by molar-refractivity contribution is -0.119. The molecule has 2 atom stereocenters. The molecule has 2 aliphatic rings. The van der Waals surface area contributed by atoms with Crippen LogP contribution in [0.15, 0.2) is 12.4 Å². The first-order valence-corrected chi connectivity index (χ1v) is 7.34. The molecule has 2 unspecified atom stereocenters. The topological polar surface area (TPSA) is 65.4 Å². The first kappa shape index (κ1) is 13.6. The van der Waals surface area contributed by atoms with Crippen LogP contribution in [0.2, 0.25) is 0 Å². The Kier molecular flexibility index (Phi) is 4.32. The van der Waals surface area contributed by atoms with Crippen LogP contribution in [0, 0.1) is 5.92 Å². The Morgan fingerprint density at radius 2 is 2.35 bits per heavy atom. The summed E-state index contributed by atoms with van der Waals surface area (Å²) in [5, 5.41) is 7.18. The van der Waals surface area contributed by atoms with E-state index in [1.807, 2.05) is 10.9 Å². The van der Waals surface area contributed by atoms with Gasteiger partial charge >= 0.3 is 0 Å². The number of carbonyl (C=O) groups excluding carboxylic acids is 1. The molecule has 1 aromatic rings. The summed E-state index contributed by atoms with van der Waals surface area (Å²) in [7, 11) is 0. The zero-order valence-corrected chi connectivity index (χ0v) is 11.6. The summed E-state index contributed by atoms with van der Waals surface area (Å²) < 4.78 is 12.8. The lowest BCUT2D eigenvalue weighted by Crippen LogP contribution is -2.24. The van der Waals surface area contributed by atoms with Gasteiger partial charge in [0.05, 0.1) is 37.1 Å². The summed E-state index contributed by atoms with van der Waals surface area (Å²) in [6.07, 6.45) is 8.06. The van der Waals surface area contributed by atoms with Gasteiger partial charge in [0.2, 0.25) is 5.91 Å². The maximum atomic E-state index is 12.0. The van der Waals surface area contributed by atoms with Crippen molar-refractivity contribution in [3.63, 3.8) is 0 Å². The molecule has 1 aromatic heterocycles. The molecule has 6 nitrogen and oxygen atoms in total. The molecule has 110 valence electrons. The molecule has 3 rings (SSSR count). The normalized spacial score (nSPS) is 26.6. The van der Waals surface area contributed by atoms with Crippen LogP contribution < -0.4 is 5.32 Å². The maximum Gasteiger partial charge on any atom is 0.229 e. The van der Waals surface area contributed by atoms with Crippen molar-refractivity contribution in [2.24, 2.45) is 5.92 Å². The summed E-state index contributed by atoms with van der Waals surface area (Å²) in [6, 6.07) is 0. The van der Waals surface area contributed by atoms with Crippen LogP contribution in [-0.4, -0.2) is 41.6 Å². The predicted octanol–water partition coefficient (Wildman–Crippen LogP) is 1.43. The molecule has 6 heteroatoms. The zero-order chi connectivity index (χ0) is 13.8. The van der Waals surface area contributed by atoms with Crippen molar-refractivity contribution < 1.29 is 14.3 Å². The van der Waals surface area contributed by atoms with Crippen molar-refractivity contribution in [3.05, 3.63) is 12.4 Å². The van der Waals surface area contributed by atoms with Gasteiger partial charge in [0, 0.05) is 19.4 Å². The van der Waals surface area contributed by atoms with Gasteiger partial charge in [-0.2, -0.15) is 5.10 Å². The highest BCUT2D eigenvalue weighted by atomic mass is 16.5. The van der Waals surface area contributed by atoms with Crippen molar-refractivity contribution in [2.75, 3.05) is 25.1 Å². The minimum atomic E-state index is -0.0278. The Hall–Kier alpha value is -1.40. The summed E-state index contributed by atoms with van der Waals surface area (Å²) >= 11 is 0. The number of nitrogens with zero attached hydrogens (tertiary/aromatic N) is 2. The maximum absolute atomic E-state index is 12.0. The number of rotatable bonds is 4. The monoisotopic (exact) mass is 279 g/mol. The largest absolute Gasteiger partial charge is 0.381 e. The molecule has 1 amide bonds. The standard InChI is InChI=1S/C14H21N3O3/c18-14(11-4-6-19-10-11)16-12-7-15-17(8-12)9-13-3-1-2-5-20-13/h7-8,11,13H,1-6,9-10H2,(H,16,18). The number of hydrogen-bond acceptors (Lipinski definition) is 4. The highest BCUT2D eigenvalue weighted by molar-refractivity contribution is 5.92. The van der Waals surface area contributed by atoms with E-state index in [9.17, 15) is 4.79 Å². The van der Waals surface area contributed by atoms with Crippen molar-refractivity contribution in [1.82, 2.24) is 9.78 Å². The quantitative estimate of drug-likeness (QED) is 0.905. The van der Waals surface area contributed by atoms with Crippen LogP contribution in [-0.2, 0) is 20.8 Å². The lowest BCUT2D eigenvalue weighted by atomic mass is 10.1. The minimum absolute atomic E-state index is 0.0240. The Morgan fingerprint density at radius 1 is 1.40 bits per heavy atom. The molecule has 2 fully saturated rings. The molecule has 0 radical (unpaired) electrons. The SMILES string of the molecule is O=C(Nc1cnn(CC2CCCCO2)c1)C1CCOC1. The van der Waals surface area contributed by atoms with Gasteiger partial charge in [-0.15, -0.1) is 0 Å². The van der Waals surface area contributed by atoms with Gasteiger partial charge in [0.1, 0.15) is 0 Å². The molecule has 0 aliphatic carbocycles. The van der Waals surface area contributed by atoms with Gasteiger partial charge in [-0.1, -0.05) is 0 Å². The highest BCUT2D eigenvalue weighted by Crippen LogP contribution is 2.17.